The van der Waals surface area contributed by atoms with Crippen molar-refractivity contribution in [3.63, 3.8) is 0 Å². The first-order chi connectivity index (χ1) is 5.62. The maximum atomic E-state index is 8.48. The maximum Gasteiger partial charge on any atom is 0.331 e. The largest absolute Gasteiger partial charge is 0.394 e. The van der Waals surface area contributed by atoms with Gasteiger partial charge in [-0.15, -0.1) is 0 Å². The molecule has 5 nitrogen and oxygen atoms in total. The first kappa shape index (κ1) is 12.0. The SMILES string of the molecule is C[Si](C)(OCCO)OCCOO. The third-order valence-electron chi connectivity index (χ3n) is 1.17. The molecule has 0 radical (unpaired) electrons. The fourth-order valence-corrected chi connectivity index (χ4v) is 1.90. The molecule has 0 rings (SSSR count). The Kier molecular flexibility index (Phi) is 6.53. The zero-order chi connectivity index (χ0) is 9.45. The fraction of sp³-hybridized carbons (Fsp3) is 1.00. The monoisotopic (exact) mass is 196 g/mol. The minimum Gasteiger partial charge on any atom is -0.394 e. The van der Waals surface area contributed by atoms with E-state index in [-0.39, 0.29) is 13.2 Å². The predicted molar refractivity (Wildman–Crippen MR) is 45.1 cm³/mol. The summed E-state index contributed by atoms with van der Waals surface area (Å²) in [6.45, 7) is 4.45. The van der Waals surface area contributed by atoms with Crippen LogP contribution >= 0.6 is 0 Å². The number of aliphatic hydroxyl groups is 1. The molecule has 0 aliphatic heterocycles. The summed E-state index contributed by atoms with van der Waals surface area (Å²) >= 11 is 0. The summed E-state index contributed by atoms with van der Waals surface area (Å²) in [5.74, 6) is 0. The zero-order valence-electron chi connectivity index (χ0n) is 7.45. The van der Waals surface area contributed by atoms with E-state index < -0.39 is 8.56 Å². The van der Waals surface area contributed by atoms with E-state index in [1.807, 2.05) is 13.1 Å². The lowest BCUT2D eigenvalue weighted by molar-refractivity contribution is -0.246. The molecule has 6 heteroatoms. The molecule has 2 N–H and O–H groups in total. The van der Waals surface area contributed by atoms with Gasteiger partial charge in [0.15, 0.2) is 0 Å². The van der Waals surface area contributed by atoms with Crippen molar-refractivity contribution in [3.05, 3.63) is 0 Å². The van der Waals surface area contributed by atoms with Crippen LogP contribution in [0, 0.1) is 0 Å². The van der Waals surface area contributed by atoms with E-state index in [2.05, 4.69) is 4.89 Å². The fourth-order valence-electron chi connectivity index (χ4n) is 0.658. The first-order valence-corrected chi connectivity index (χ1v) is 6.59. The number of aliphatic hydroxyl groups excluding tert-OH is 1. The molecule has 0 unspecified atom stereocenters. The van der Waals surface area contributed by atoms with Crippen molar-refractivity contribution in [2.24, 2.45) is 0 Å². The lowest BCUT2D eigenvalue weighted by Gasteiger charge is -2.21. The molecule has 0 aliphatic rings. The summed E-state index contributed by atoms with van der Waals surface area (Å²) in [6, 6.07) is 0. The molecule has 0 saturated heterocycles. The molecule has 0 bridgehead atoms. The van der Waals surface area contributed by atoms with Crippen molar-refractivity contribution in [1.82, 2.24) is 0 Å². The van der Waals surface area contributed by atoms with Crippen molar-refractivity contribution in [1.29, 1.82) is 0 Å². The van der Waals surface area contributed by atoms with E-state index >= 15 is 0 Å². The lowest BCUT2D eigenvalue weighted by Crippen LogP contribution is -2.36. The topological polar surface area (TPSA) is 68.2 Å². The first-order valence-electron chi connectivity index (χ1n) is 3.77. The Morgan fingerprint density at radius 3 is 2.17 bits per heavy atom. The van der Waals surface area contributed by atoms with Crippen LogP contribution in [-0.2, 0) is 13.7 Å². The summed E-state index contributed by atoms with van der Waals surface area (Å²) < 4.78 is 10.5. The Labute approximate surface area is 73.1 Å². The molecular weight excluding hydrogens is 180 g/mol. The quantitative estimate of drug-likeness (QED) is 0.263. The summed E-state index contributed by atoms with van der Waals surface area (Å²) in [4.78, 5) is 3.83. The van der Waals surface area contributed by atoms with Crippen LogP contribution in [0.4, 0.5) is 0 Å². The van der Waals surface area contributed by atoms with Crippen LogP contribution in [0.5, 0.6) is 0 Å². The van der Waals surface area contributed by atoms with Crippen molar-refractivity contribution in [2.75, 3.05) is 26.4 Å². The molecular formula is C6H16O5Si. The van der Waals surface area contributed by atoms with Gasteiger partial charge >= 0.3 is 8.56 Å². The Morgan fingerprint density at radius 2 is 1.67 bits per heavy atom. The molecule has 0 fully saturated rings. The minimum atomic E-state index is -2.11. The van der Waals surface area contributed by atoms with E-state index in [9.17, 15) is 0 Å². The summed E-state index contributed by atoms with van der Waals surface area (Å²) in [6.07, 6.45) is 0. The summed E-state index contributed by atoms with van der Waals surface area (Å²) in [5, 5.41) is 16.5. The number of hydrogen-bond donors (Lipinski definition) is 2. The third kappa shape index (κ3) is 6.71. The second kappa shape index (κ2) is 6.52. The van der Waals surface area contributed by atoms with E-state index in [0.717, 1.165) is 0 Å². The molecule has 0 aromatic carbocycles. The van der Waals surface area contributed by atoms with Gasteiger partial charge in [-0.2, -0.15) is 0 Å². The highest BCUT2D eigenvalue weighted by Gasteiger charge is 2.23. The predicted octanol–water partition coefficient (Wildman–Crippen LogP) is 0.203. The molecule has 0 aromatic rings. The lowest BCUT2D eigenvalue weighted by atomic mass is 10.8. The Hall–Kier alpha value is 0.0169. The van der Waals surface area contributed by atoms with Crippen LogP contribution in [0.3, 0.4) is 0 Å². The second-order valence-electron chi connectivity index (χ2n) is 2.65. The smallest absolute Gasteiger partial charge is 0.331 e. The molecule has 0 heterocycles. The highest BCUT2D eigenvalue weighted by molar-refractivity contribution is 6.64. The minimum absolute atomic E-state index is 0.00368. The number of rotatable bonds is 7. The Morgan fingerprint density at radius 1 is 1.08 bits per heavy atom. The Balaban J connectivity index is 3.42. The Bertz CT molecular complexity index is 108. The normalized spacial score (nSPS) is 12.0. The van der Waals surface area contributed by atoms with Gasteiger partial charge in [-0.1, -0.05) is 0 Å². The van der Waals surface area contributed by atoms with Crippen LogP contribution in [0.25, 0.3) is 0 Å². The average Bonchev–Trinajstić information content (AvgIpc) is 2.01. The van der Waals surface area contributed by atoms with Crippen molar-refractivity contribution < 1.29 is 24.1 Å². The van der Waals surface area contributed by atoms with Gasteiger partial charge in [0.1, 0.15) is 6.61 Å². The van der Waals surface area contributed by atoms with Gasteiger partial charge in [0.2, 0.25) is 0 Å². The molecule has 0 spiro atoms. The highest BCUT2D eigenvalue weighted by atomic mass is 28.4. The molecule has 0 amide bonds. The van der Waals surface area contributed by atoms with E-state index in [4.69, 9.17) is 19.2 Å². The van der Waals surface area contributed by atoms with Crippen molar-refractivity contribution in [3.8, 4) is 0 Å². The third-order valence-corrected chi connectivity index (χ3v) is 2.96. The molecule has 12 heavy (non-hydrogen) atoms. The van der Waals surface area contributed by atoms with Crippen molar-refractivity contribution >= 4 is 8.56 Å². The number of hydrogen-bond acceptors (Lipinski definition) is 5. The van der Waals surface area contributed by atoms with Gasteiger partial charge in [0, 0.05) is 0 Å². The standard InChI is InChI=1S/C6H16O5Si/c1-12(2,10-4-3-7)11-6-5-9-8/h7-8H,3-6H2,1-2H3. The van der Waals surface area contributed by atoms with Crippen LogP contribution in [0.2, 0.25) is 13.1 Å². The van der Waals surface area contributed by atoms with E-state index in [1.165, 1.54) is 0 Å². The van der Waals surface area contributed by atoms with Gasteiger partial charge in [-0.3, -0.25) is 5.26 Å². The highest BCUT2D eigenvalue weighted by Crippen LogP contribution is 2.05. The van der Waals surface area contributed by atoms with Gasteiger partial charge in [-0.25, -0.2) is 4.89 Å². The van der Waals surface area contributed by atoms with Crippen molar-refractivity contribution in [2.45, 2.75) is 13.1 Å². The molecule has 0 atom stereocenters. The molecule has 0 saturated carbocycles. The average molecular weight is 196 g/mol. The summed E-state index contributed by atoms with van der Waals surface area (Å²) in [7, 11) is -2.11. The molecule has 0 aliphatic carbocycles. The molecule has 0 aromatic heterocycles. The maximum absolute atomic E-state index is 8.48. The molecule has 74 valence electrons. The van der Waals surface area contributed by atoms with Gasteiger partial charge in [-0.05, 0) is 13.1 Å². The second-order valence-corrected chi connectivity index (χ2v) is 6.03. The van der Waals surface area contributed by atoms with Crippen LogP contribution in [-0.4, -0.2) is 45.4 Å². The van der Waals surface area contributed by atoms with Crippen LogP contribution < -0.4 is 0 Å². The van der Waals surface area contributed by atoms with E-state index in [0.29, 0.717) is 13.2 Å². The van der Waals surface area contributed by atoms with Crippen LogP contribution in [0.15, 0.2) is 0 Å². The van der Waals surface area contributed by atoms with Gasteiger partial charge in [0.05, 0.1) is 19.8 Å². The van der Waals surface area contributed by atoms with Crippen LogP contribution in [0.1, 0.15) is 0 Å². The van der Waals surface area contributed by atoms with Gasteiger partial charge in [0.25, 0.3) is 0 Å². The summed E-state index contributed by atoms with van der Waals surface area (Å²) in [5.41, 5.74) is 0. The van der Waals surface area contributed by atoms with Gasteiger partial charge < -0.3 is 14.0 Å². The zero-order valence-corrected chi connectivity index (χ0v) is 8.45. The van der Waals surface area contributed by atoms with E-state index in [1.54, 1.807) is 0 Å².